The summed E-state index contributed by atoms with van der Waals surface area (Å²) in [5.41, 5.74) is 9.58. The van der Waals surface area contributed by atoms with Gasteiger partial charge in [0.05, 0.1) is 17.9 Å². The molecule has 2 aromatic heterocycles. The zero-order valence-electron chi connectivity index (χ0n) is 10.1. The van der Waals surface area contributed by atoms with Crippen molar-refractivity contribution in [1.82, 2.24) is 9.97 Å². The molecule has 0 radical (unpaired) electrons. The number of rotatable bonds is 3. The van der Waals surface area contributed by atoms with Crippen LogP contribution in [0.25, 0.3) is 0 Å². The molecule has 3 N–H and O–H groups in total. The lowest BCUT2D eigenvalue weighted by Crippen LogP contribution is -2.06. The summed E-state index contributed by atoms with van der Waals surface area (Å²) < 4.78 is 0. The van der Waals surface area contributed by atoms with Crippen LogP contribution in [-0.2, 0) is 6.54 Å². The number of hydrogen-bond acceptors (Lipinski definition) is 4. The van der Waals surface area contributed by atoms with Crippen LogP contribution in [-0.4, -0.2) is 9.97 Å². The number of pyridine rings is 2. The molecule has 88 valence electrons. The molecular weight excluding hydrogens is 212 g/mol. The van der Waals surface area contributed by atoms with Crippen molar-refractivity contribution < 1.29 is 0 Å². The number of nitrogens with two attached hydrogens (primary N) is 1. The van der Waals surface area contributed by atoms with Gasteiger partial charge in [-0.05, 0) is 37.6 Å². The van der Waals surface area contributed by atoms with E-state index in [1.165, 1.54) is 0 Å². The van der Waals surface area contributed by atoms with Gasteiger partial charge < -0.3 is 11.1 Å². The summed E-state index contributed by atoms with van der Waals surface area (Å²) >= 11 is 0. The molecule has 0 aromatic carbocycles. The van der Waals surface area contributed by atoms with Crippen molar-refractivity contribution in [2.24, 2.45) is 0 Å². The molecule has 0 atom stereocenters. The third kappa shape index (κ3) is 2.93. The lowest BCUT2D eigenvalue weighted by Gasteiger charge is -2.08. The molecule has 0 amide bonds. The zero-order chi connectivity index (χ0) is 12.3. The Balaban J connectivity index is 2.07. The predicted molar refractivity (Wildman–Crippen MR) is 69.7 cm³/mol. The van der Waals surface area contributed by atoms with E-state index in [4.69, 9.17) is 5.73 Å². The molecule has 4 heteroatoms. The molecule has 0 aliphatic rings. The van der Waals surface area contributed by atoms with Crippen molar-refractivity contribution in [1.29, 1.82) is 0 Å². The van der Waals surface area contributed by atoms with Crippen LogP contribution in [0.2, 0.25) is 0 Å². The highest BCUT2D eigenvalue weighted by Crippen LogP contribution is 2.16. The Morgan fingerprint density at radius 2 is 2.12 bits per heavy atom. The molecule has 0 fully saturated rings. The predicted octanol–water partition coefficient (Wildman–Crippen LogP) is 2.29. The van der Waals surface area contributed by atoms with Gasteiger partial charge in [0.2, 0.25) is 0 Å². The maximum absolute atomic E-state index is 5.87. The van der Waals surface area contributed by atoms with Crippen molar-refractivity contribution >= 4 is 11.5 Å². The Hall–Kier alpha value is -2.10. The molecule has 4 nitrogen and oxygen atoms in total. The Bertz CT molecular complexity index is 523. The second-order valence-corrected chi connectivity index (χ2v) is 4.07. The Kier molecular flexibility index (Phi) is 3.23. The van der Waals surface area contributed by atoms with E-state index in [0.29, 0.717) is 18.1 Å². The van der Waals surface area contributed by atoms with E-state index in [-0.39, 0.29) is 0 Å². The van der Waals surface area contributed by atoms with Crippen LogP contribution in [0.1, 0.15) is 17.0 Å². The van der Waals surface area contributed by atoms with Crippen molar-refractivity contribution in [2.45, 2.75) is 20.4 Å². The highest BCUT2D eigenvalue weighted by atomic mass is 15.0. The lowest BCUT2D eigenvalue weighted by molar-refractivity contribution is 1.00. The van der Waals surface area contributed by atoms with Gasteiger partial charge in [0.1, 0.15) is 5.82 Å². The molecule has 2 rings (SSSR count). The smallest absolute Gasteiger partial charge is 0.149 e. The summed E-state index contributed by atoms with van der Waals surface area (Å²) in [6.45, 7) is 4.57. The summed E-state index contributed by atoms with van der Waals surface area (Å²) in [6.07, 6.45) is 1.79. The number of nitrogen functional groups attached to an aromatic ring is 1. The van der Waals surface area contributed by atoms with Gasteiger partial charge in [0.15, 0.2) is 0 Å². The van der Waals surface area contributed by atoms with Gasteiger partial charge in [0, 0.05) is 11.9 Å². The van der Waals surface area contributed by atoms with Gasteiger partial charge in [-0.1, -0.05) is 6.07 Å². The van der Waals surface area contributed by atoms with E-state index in [1.807, 2.05) is 38.1 Å². The SMILES string of the molecule is Cc1cnc(NCc2cccc(C)n2)c(N)c1. The van der Waals surface area contributed by atoms with Crippen LogP contribution < -0.4 is 11.1 Å². The maximum Gasteiger partial charge on any atom is 0.149 e. The number of hydrogen-bond donors (Lipinski definition) is 2. The van der Waals surface area contributed by atoms with Gasteiger partial charge >= 0.3 is 0 Å². The largest absolute Gasteiger partial charge is 0.396 e. The summed E-state index contributed by atoms with van der Waals surface area (Å²) in [6, 6.07) is 7.84. The van der Waals surface area contributed by atoms with Crippen LogP contribution in [0.5, 0.6) is 0 Å². The summed E-state index contributed by atoms with van der Waals surface area (Å²) in [7, 11) is 0. The van der Waals surface area contributed by atoms with Crippen LogP contribution >= 0.6 is 0 Å². The van der Waals surface area contributed by atoms with E-state index in [2.05, 4.69) is 15.3 Å². The third-order valence-electron chi connectivity index (χ3n) is 2.44. The van der Waals surface area contributed by atoms with Crippen molar-refractivity contribution in [3.63, 3.8) is 0 Å². The second kappa shape index (κ2) is 4.82. The molecule has 0 spiro atoms. The maximum atomic E-state index is 5.87. The van der Waals surface area contributed by atoms with E-state index < -0.39 is 0 Å². The number of nitrogens with one attached hydrogen (secondary N) is 1. The van der Waals surface area contributed by atoms with E-state index in [0.717, 1.165) is 17.0 Å². The van der Waals surface area contributed by atoms with Gasteiger partial charge in [-0.2, -0.15) is 0 Å². The second-order valence-electron chi connectivity index (χ2n) is 4.07. The summed E-state index contributed by atoms with van der Waals surface area (Å²) in [5, 5.41) is 3.19. The number of aromatic nitrogens is 2. The fraction of sp³-hybridized carbons (Fsp3) is 0.231. The first-order valence-electron chi connectivity index (χ1n) is 5.53. The Morgan fingerprint density at radius 3 is 2.82 bits per heavy atom. The first-order valence-corrected chi connectivity index (χ1v) is 5.53. The molecule has 0 saturated carbocycles. The fourth-order valence-electron chi connectivity index (χ4n) is 1.61. The van der Waals surface area contributed by atoms with Crippen molar-refractivity contribution in [3.8, 4) is 0 Å². The summed E-state index contributed by atoms with van der Waals surface area (Å²) in [4.78, 5) is 8.66. The molecule has 0 bridgehead atoms. The highest BCUT2D eigenvalue weighted by Gasteiger charge is 2.01. The third-order valence-corrected chi connectivity index (χ3v) is 2.44. The van der Waals surface area contributed by atoms with Crippen molar-refractivity contribution in [3.05, 3.63) is 47.4 Å². The van der Waals surface area contributed by atoms with Gasteiger partial charge in [-0.15, -0.1) is 0 Å². The van der Waals surface area contributed by atoms with E-state index >= 15 is 0 Å². The molecule has 0 saturated heterocycles. The van der Waals surface area contributed by atoms with Gasteiger partial charge in [-0.25, -0.2) is 4.98 Å². The zero-order valence-corrected chi connectivity index (χ0v) is 10.1. The van der Waals surface area contributed by atoms with E-state index in [9.17, 15) is 0 Å². The van der Waals surface area contributed by atoms with E-state index in [1.54, 1.807) is 6.20 Å². The quantitative estimate of drug-likeness (QED) is 0.846. The molecule has 0 aliphatic carbocycles. The molecule has 0 unspecified atom stereocenters. The molecule has 17 heavy (non-hydrogen) atoms. The number of nitrogens with zero attached hydrogens (tertiary/aromatic N) is 2. The topological polar surface area (TPSA) is 63.8 Å². The average molecular weight is 228 g/mol. The van der Waals surface area contributed by atoms with Crippen LogP contribution in [0.15, 0.2) is 30.5 Å². The van der Waals surface area contributed by atoms with Gasteiger partial charge in [0.25, 0.3) is 0 Å². The minimum Gasteiger partial charge on any atom is -0.396 e. The summed E-state index contributed by atoms with van der Waals surface area (Å²) in [5.74, 6) is 0.707. The van der Waals surface area contributed by atoms with Gasteiger partial charge in [-0.3, -0.25) is 4.98 Å². The molecule has 0 aliphatic heterocycles. The van der Waals surface area contributed by atoms with Crippen LogP contribution in [0, 0.1) is 13.8 Å². The fourth-order valence-corrected chi connectivity index (χ4v) is 1.61. The van der Waals surface area contributed by atoms with Crippen molar-refractivity contribution in [2.75, 3.05) is 11.1 Å². The lowest BCUT2D eigenvalue weighted by atomic mass is 10.2. The Morgan fingerprint density at radius 1 is 1.29 bits per heavy atom. The first kappa shape index (κ1) is 11.4. The average Bonchev–Trinajstić information content (AvgIpc) is 2.28. The normalized spacial score (nSPS) is 10.2. The van der Waals surface area contributed by atoms with Crippen LogP contribution in [0.3, 0.4) is 0 Å². The van der Waals surface area contributed by atoms with Crippen LogP contribution in [0.4, 0.5) is 11.5 Å². The molecule has 2 aromatic rings. The minimum absolute atomic E-state index is 0.627. The Labute approximate surface area is 101 Å². The standard InChI is InChI=1S/C13H16N4/c1-9-6-12(14)13(15-7-9)16-8-11-5-3-4-10(2)17-11/h3-7H,8,14H2,1-2H3,(H,15,16). The highest BCUT2D eigenvalue weighted by molar-refractivity contribution is 5.61. The molecule has 2 heterocycles. The number of aryl methyl sites for hydroxylation is 2. The number of anilines is 2. The minimum atomic E-state index is 0.627. The first-order chi connectivity index (χ1) is 8.15. The monoisotopic (exact) mass is 228 g/mol. The molecular formula is C13H16N4.